The number of carbonyl (C=O) groups excluding carboxylic acids is 3. The van der Waals surface area contributed by atoms with Crippen molar-refractivity contribution in [1.82, 2.24) is 25.1 Å². The van der Waals surface area contributed by atoms with Crippen LogP contribution in [0.25, 0.3) is 5.69 Å². The zero-order chi connectivity index (χ0) is 22.3. The van der Waals surface area contributed by atoms with Gasteiger partial charge in [-0.2, -0.15) is 0 Å². The molecule has 32 heavy (non-hydrogen) atoms. The summed E-state index contributed by atoms with van der Waals surface area (Å²) in [6.07, 6.45) is 6.51. The maximum atomic E-state index is 13.2. The molecular formula is C24H23N5O3. The van der Waals surface area contributed by atoms with Gasteiger partial charge in [-0.3, -0.25) is 14.5 Å². The minimum Gasteiger partial charge on any atom is -0.348 e. The Kier molecular flexibility index (Phi) is 4.77. The summed E-state index contributed by atoms with van der Waals surface area (Å²) >= 11 is 0. The number of imidazole rings is 1. The normalized spacial score (nSPS) is 20.3. The predicted octanol–water partition coefficient (Wildman–Crippen LogP) is 2.44. The maximum Gasteiger partial charge on any atom is 0.325 e. The second kappa shape index (κ2) is 7.64. The number of hydrogen-bond donors (Lipinski definition) is 2. The van der Waals surface area contributed by atoms with Gasteiger partial charge in [0.15, 0.2) is 0 Å². The summed E-state index contributed by atoms with van der Waals surface area (Å²) in [7, 11) is 0. The number of benzene rings is 2. The first-order valence-electron chi connectivity index (χ1n) is 10.6. The molecule has 2 N–H and O–H groups in total. The Bertz CT molecular complexity index is 1190. The van der Waals surface area contributed by atoms with Gasteiger partial charge in [-0.1, -0.05) is 36.4 Å². The molecule has 1 saturated heterocycles. The van der Waals surface area contributed by atoms with E-state index in [4.69, 9.17) is 0 Å². The number of imide groups is 1. The molecule has 0 saturated carbocycles. The molecule has 0 bridgehead atoms. The zero-order valence-corrected chi connectivity index (χ0v) is 17.6. The fourth-order valence-corrected chi connectivity index (χ4v) is 4.59. The molecule has 1 aromatic heterocycles. The van der Waals surface area contributed by atoms with Crippen LogP contribution in [0.1, 0.15) is 36.1 Å². The van der Waals surface area contributed by atoms with Crippen LogP contribution in [0.5, 0.6) is 0 Å². The molecule has 3 aromatic rings. The first-order chi connectivity index (χ1) is 15.5. The van der Waals surface area contributed by atoms with Crippen LogP contribution in [0, 0.1) is 0 Å². The van der Waals surface area contributed by atoms with Gasteiger partial charge in [0.2, 0.25) is 5.91 Å². The maximum absolute atomic E-state index is 13.2. The molecule has 0 unspecified atom stereocenters. The van der Waals surface area contributed by atoms with Gasteiger partial charge in [-0.25, -0.2) is 9.78 Å². The van der Waals surface area contributed by atoms with Crippen LogP contribution in [-0.2, 0) is 21.5 Å². The monoisotopic (exact) mass is 429 g/mol. The summed E-state index contributed by atoms with van der Waals surface area (Å²) in [6.45, 7) is 1.55. The van der Waals surface area contributed by atoms with E-state index in [1.807, 2.05) is 66.2 Å². The Balaban J connectivity index is 1.25. The van der Waals surface area contributed by atoms with Gasteiger partial charge < -0.3 is 15.2 Å². The molecule has 1 aliphatic carbocycles. The number of nitrogens with one attached hydrogen (secondary N) is 2. The molecule has 5 rings (SSSR count). The zero-order valence-electron chi connectivity index (χ0n) is 17.6. The Morgan fingerprint density at radius 1 is 1.19 bits per heavy atom. The largest absolute Gasteiger partial charge is 0.348 e. The lowest BCUT2D eigenvalue weighted by atomic mass is 9.92. The summed E-state index contributed by atoms with van der Waals surface area (Å²) in [5, 5.41) is 5.73. The van der Waals surface area contributed by atoms with E-state index in [1.165, 1.54) is 0 Å². The lowest BCUT2D eigenvalue weighted by Crippen LogP contribution is -2.44. The van der Waals surface area contributed by atoms with Gasteiger partial charge >= 0.3 is 6.03 Å². The molecule has 1 spiro atoms. The number of aryl methyl sites for hydroxylation is 1. The Hall–Kier alpha value is -3.94. The van der Waals surface area contributed by atoms with E-state index in [2.05, 4.69) is 15.6 Å². The smallest absolute Gasteiger partial charge is 0.325 e. The molecule has 8 heteroatoms. The number of aromatic nitrogens is 2. The third kappa shape index (κ3) is 3.24. The molecule has 2 atom stereocenters. The average Bonchev–Trinajstić information content (AvgIpc) is 3.51. The summed E-state index contributed by atoms with van der Waals surface area (Å²) in [4.78, 5) is 43.5. The first kappa shape index (κ1) is 20.0. The van der Waals surface area contributed by atoms with Crippen LogP contribution in [0.3, 0.4) is 0 Å². The number of urea groups is 1. The number of fused-ring (bicyclic) bond motifs is 2. The van der Waals surface area contributed by atoms with E-state index in [9.17, 15) is 14.4 Å². The summed E-state index contributed by atoms with van der Waals surface area (Å²) < 4.78 is 1.89. The van der Waals surface area contributed by atoms with Crippen LogP contribution in [0.4, 0.5) is 4.79 Å². The molecule has 2 aliphatic rings. The van der Waals surface area contributed by atoms with Crippen molar-refractivity contribution in [3.63, 3.8) is 0 Å². The standard InChI is InChI=1S/C24H23N5O3/c1-16(17-6-8-19(9-7-17)28-13-12-25-15-28)26-21(30)14-29-22(31)24(27-23(29)32)11-10-18-4-2-3-5-20(18)24/h2-9,12-13,15-16H,10-11,14H2,1H3,(H,26,30)(H,27,32)/t16-,24-/m1/s1. The molecule has 0 radical (unpaired) electrons. The van der Waals surface area contributed by atoms with E-state index in [0.29, 0.717) is 12.8 Å². The predicted molar refractivity (Wildman–Crippen MR) is 117 cm³/mol. The number of rotatable bonds is 5. The van der Waals surface area contributed by atoms with Gasteiger partial charge in [0, 0.05) is 18.1 Å². The van der Waals surface area contributed by atoms with E-state index in [-0.39, 0.29) is 24.4 Å². The number of nitrogens with zero attached hydrogens (tertiary/aromatic N) is 3. The lowest BCUT2D eigenvalue weighted by Gasteiger charge is -2.22. The van der Waals surface area contributed by atoms with Gasteiger partial charge in [-0.15, -0.1) is 0 Å². The van der Waals surface area contributed by atoms with Crippen LogP contribution in [0.15, 0.2) is 67.3 Å². The van der Waals surface area contributed by atoms with Crippen LogP contribution in [-0.4, -0.2) is 38.8 Å². The van der Waals surface area contributed by atoms with Crippen molar-refractivity contribution < 1.29 is 14.4 Å². The van der Waals surface area contributed by atoms with Crippen molar-refractivity contribution in [3.8, 4) is 5.69 Å². The summed E-state index contributed by atoms with van der Waals surface area (Å²) in [5.41, 5.74) is 2.71. The van der Waals surface area contributed by atoms with Crippen molar-refractivity contribution in [2.24, 2.45) is 0 Å². The molecule has 8 nitrogen and oxygen atoms in total. The second-order valence-corrected chi connectivity index (χ2v) is 8.23. The highest BCUT2D eigenvalue weighted by molar-refractivity contribution is 6.09. The molecule has 1 fully saturated rings. The summed E-state index contributed by atoms with van der Waals surface area (Å²) in [5.74, 6) is -0.747. The fourth-order valence-electron chi connectivity index (χ4n) is 4.59. The fraction of sp³-hybridized carbons (Fsp3) is 0.250. The Morgan fingerprint density at radius 2 is 1.97 bits per heavy atom. The Labute approximate surface area is 185 Å². The highest BCUT2D eigenvalue weighted by Crippen LogP contribution is 2.41. The third-order valence-corrected chi connectivity index (χ3v) is 6.30. The molecule has 162 valence electrons. The van der Waals surface area contributed by atoms with E-state index < -0.39 is 11.6 Å². The highest BCUT2D eigenvalue weighted by Gasteiger charge is 2.55. The quantitative estimate of drug-likeness (QED) is 0.609. The molecule has 4 amide bonds. The van der Waals surface area contributed by atoms with Crippen molar-refractivity contribution in [2.75, 3.05) is 6.54 Å². The minimum absolute atomic E-state index is 0.277. The number of amides is 4. The van der Waals surface area contributed by atoms with Crippen molar-refractivity contribution in [1.29, 1.82) is 0 Å². The van der Waals surface area contributed by atoms with Crippen molar-refractivity contribution >= 4 is 17.8 Å². The van der Waals surface area contributed by atoms with E-state index >= 15 is 0 Å². The highest BCUT2D eigenvalue weighted by atomic mass is 16.2. The topological polar surface area (TPSA) is 96.3 Å². The summed E-state index contributed by atoms with van der Waals surface area (Å²) in [6, 6.07) is 14.6. The average molecular weight is 429 g/mol. The second-order valence-electron chi connectivity index (χ2n) is 8.23. The molecule has 2 aromatic carbocycles. The SMILES string of the molecule is C[C@@H](NC(=O)CN1C(=O)N[C@@]2(CCc3ccccc32)C1=O)c1ccc(-n2ccnc2)cc1. The number of carbonyl (C=O) groups is 3. The van der Waals surface area contributed by atoms with Crippen molar-refractivity contribution in [2.45, 2.75) is 31.3 Å². The first-order valence-corrected chi connectivity index (χ1v) is 10.6. The van der Waals surface area contributed by atoms with Crippen LogP contribution in [0.2, 0.25) is 0 Å². The van der Waals surface area contributed by atoms with Crippen LogP contribution < -0.4 is 10.6 Å². The molecule has 1 aliphatic heterocycles. The third-order valence-electron chi connectivity index (χ3n) is 6.30. The van der Waals surface area contributed by atoms with Gasteiger partial charge in [0.1, 0.15) is 12.1 Å². The number of hydrogen-bond acceptors (Lipinski definition) is 4. The molecule has 2 heterocycles. The van der Waals surface area contributed by atoms with E-state index in [0.717, 1.165) is 27.3 Å². The Morgan fingerprint density at radius 3 is 2.72 bits per heavy atom. The van der Waals surface area contributed by atoms with Crippen LogP contribution >= 0.6 is 0 Å². The van der Waals surface area contributed by atoms with Gasteiger partial charge in [0.05, 0.1) is 12.4 Å². The van der Waals surface area contributed by atoms with Gasteiger partial charge in [0.25, 0.3) is 5.91 Å². The molecular weight excluding hydrogens is 406 g/mol. The van der Waals surface area contributed by atoms with Crippen molar-refractivity contribution in [3.05, 3.63) is 83.9 Å². The van der Waals surface area contributed by atoms with E-state index in [1.54, 1.807) is 12.5 Å². The minimum atomic E-state index is -1.05. The van der Waals surface area contributed by atoms with Gasteiger partial charge in [-0.05, 0) is 48.6 Å². The lowest BCUT2D eigenvalue weighted by molar-refractivity contribution is -0.135.